The van der Waals surface area contributed by atoms with E-state index in [2.05, 4.69) is 5.32 Å². The van der Waals surface area contributed by atoms with Gasteiger partial charge in [-0.1, -0.05) is 13.3 Å². The molecule has 1 rings (SSSR count). The van der Waals surface area contributed by atoms with Crippen molar-refractivity contribution in [2.75, 3.05) is 6.54 Å². The van der Waals surface area contributed by atoms with Gasteiger partial charge in [-0.3, -0.25) is 19.7 Å². The first-order valence-electron chi connectivity index (χ1n) is 5.54. The van der Waals surface area contributed by atoms with Crippen LogP contribution in [0.5, 0.6) is 0 Å². The molecule has 0 aliphatic carbocycles. The molecular formula is C11H18N2O3. The molecule has 0 aromatic rings. The Labute approximate surface area is 95.2 Å². The summed E-state index contributed by atoms with van der Waals surface area (Å²) in [5.74, 6) is -0.946. The zero-order valence-corrected chi connectivity index (χ0v) is 10.0. The maximum atomic E-state index is 11.9. The van der Waals surface area contributed by atoms with Crippen LogP contribution in [0.4, 0.5) is 0 Å². The lowest BCUT2D eigenvalue weighted by atomic mass is 9.98. The van der Waals surface area contributed by atoms with Crippen molar-refractivity contribution in [3.8, 4) is 0 Å². The summed E-state index contributed by atoms with van der Waals surface area (Å²) < 4.78 is 0. The second-order valence-electron chi connectivity index (χ2n) is 4.52. The number of imide groups is 1. The monoisotopic (exact) mass is 226 g/mol. The maximum absolute atomic E-state index is 11.9. The van der Waals surface area contributed by atoms with Crippen LogP contribution in [0.15, 0.2) is 0 Å². The summed E-state index contributed by atoms with van der Waals surface area (Å²) in [6, 6.07) is 0. The summed E-state index contributed by atoms with van der Waals surface area (Å²) in [5, 5.41) is 2.24. The number of carbonyl (C=O) groups is 3. The minimum absolute atomic E-state index is 0.0265. The number of nitrogens with one attached hydrogen (secondary N) is 1. The molecule has 0 radical (unpaired) electrons. The van der Waals surface area contributed by atoms with Crippen molar-refractivity contribution in [1.82, 2.24) is 10.2 Å². The highest BCUT2D eigenvalue weighted by Gasteiger charge is 2.42. The molecule has 1 fully saturated rings. The van der Waals surface area contributed by atoms with Crippen LogP contribution in [0, 0.1) is 0 Å². The number of unbranched alkanes of at least 4 members (excludes halogenated alkanes) is 1. The van der Waals surface area contributed by atoms with Crippen molar-refractivity contribution in [3.05, 3.63) is 0 Å². The Balaban J connectivity index is 2.79. The largest absolute Gasteiger partial charge is 0.319 e. The third kappa shape index (κ3) is 2.40. The molecule has 0 bridgehead atoms. The molecule has 0 unspecified atom stereocenters. The number of piperazine rings is 1. The summed E-state index contributed by atoms with van der Waals surface area (Å²) in [6.45, 7) is 5.27. The molecule has 0 saturated carbocycles. The van der Waals surface area contributed by atoms with Gasteiger partial charge in [0.25, 0.3) is 5.91 Å². The van der Waals surface area contributed by atoms with Gasteiger partial charge in [-0.05, 0) is 20.3 Å². The van der Waals surface area contributed by atoms with Crippen molar-refractivity contribution in [2.45, 2.75) is 45.6 Å². The number of hydrogen-bond donors (Lipinski definition) is 1. The van der Waals surface area contributed by atoms with Crippen LogP contribution >= 0.6 is 0 Å². The van der Waals surface area contributed by atoms with Gasteiger partial charge in [-0.25, -0.2) is 0 Å². The van der Waals surface area contributed by atoms with Gasteiger partial charge in [0, 0.05) is 6.42 Å². The van der Waals surface area contributed by atoms with E-state index in [1.54, 1.807) is 13.8 Å². The molecule has 1 aliphatic heterocycles. The third-order valence-corrected chi connectivity index (χ3v) is 2.83. The number of nitrogens with zero attached hydrogens (tertiary/aromatic N) is 1. The van der Waals surface area contributed by atoms with Gasteiger partial charge in [0.15, 0.2) is 0 Å². The Morgan fingerprint density at radius 3 is 2.62 bits per heavy atom. The highest BCUT2D eigenvalue weighted by Crippen LogP contribution is 2.19. The highest BCUT2D eigenvalue weighted by molar-refractivity contribution is 6.06. The highest BCUT2D eigenvalue weighted by atomic mass is 16.2. The van der Waals surface area contributed by atoms with Gasteiger partial charge in [0.2, 0.25) is 11.8 Å². The van der Waals surface area contributed by atoms with Crippen LogP contribution in [0.2, 0.25) is 0 Å². The van der Waals surface area contributed by atoms with Crippen molar-refractivity contribution in [2.24, 2.45) is 0 Å². The average molecular weight is 226 g/mol. The number of carbonyl (C=O) groups excluding carboxylic acids is 3. The molecule has 1 aliphatic rings. The Morgan fingerprint density at radius 2 is 2.06 bits per heavy atom. The van der Waals surface area contributed by atoms with E-state index in [1.807, 2.05) is 6.92 Å². The number of amides is 3. The summed E-state index contributed by atoms with van der Waals surface area (Å²) in [5.41, 5.74) is -0.932. The molecule has 5 nitrogen and oxygen atoms in total. The molecule has 16 heavy (non-hydrogen) atoms. The van der Waals surface area contributed by atoms with Crippen LogP contribution in [0.25, 0.3) is 0 Å². The lowest BCUT2D eigenvalue weighted by Gasteiger charge is -2.40. The van der Waals surface area contributed by atoms with E-state index in [1.165, 1.54) is 4.90 Å². The molecular weight excluding hydrogens is 208 g/mol. The van der Waals surface area contributed by atoms with E-state index in [9.17, 15) is 14.4 Å². The van der Waals surface area contributed by atoms with E-state index < -0.39 is 17.4 Å². The second kappa shape index (κ2) is 4.63. The molecule has 0 aromatic heterocycles. The Kier molecular flexibility index (Phi) is 3.67. The van der Waals surface area contributed by atoms with Gasteiger partial charge in [0.05, 0.1) is 0 Å². The van der Waals surface area contributed by atoms with Gasteiger partial charge < -0.3 is 4.90 Å². The van der Waals surface area contributed by atoms with Crippen LogP contribution in [0.3, 0.4) is 0 Å². The van der Waals surface area contributed by atoms with Crippen molar-refractivity contribution in [3.63, 3.8) is 0 Å². The van der Waals surface area contributed by atoms with E-state index in [0.717, 1.165) is 12.8 Å². The molecule has 0 spiro atoms. The lowest BCUT2D eigenvalue weighted by molar-refractivity contribution is -0.155. The molecule has 0 atom stereocenters. The SMILES string of the molecule is CCCCC(=O)N1CC(=O)NC(=O)C1(C)C. The van der Waals surface area contributed by atoms with Crippen LogP contribution in [-0.4, -0.2) is 34.7 Å². The van der Waals surface area contributed by atoms with E-state index in [0.29, 0.717) is 6.42 Å². The van der Waals surface area contributed by atoms with E-state index in [4.69, 9.17) is 0 Å². The molecule has 1 saturated heterocycles. The number of hydrogen-bond acceptors (Lipinski definition) is 3. The number of rotatable bonds is 3. The Hall–Kier alpha value is -1.39. The molecule has 0 aromatic carbocycles. The topological polar surface area (TPSA) is 66.5 Å². The fourth-order valence-corrected chi connectivity index (χ4v) is 1.65. The van der Waals surface area contributed by atoms with Crippen LogP contribution in [0.1, 0.15) is 40.0 Å². The third-order valence-electron chi connectivity index (χ3n) is 2.83. The van der Waals surface area contributed by atoms with Crippen molar-refractivity contribution >= 4 is 17.7 Å². The standard InChI is InChI=1S/C11H18N2O3/c1-4-5-6-9(15)13-7-8(14)12-10(16)11(13,2)3/h4-7H2,1-3H3,(H,12,14,16). The zero-order chi connectivity index (χ0) is 12.3. The van der Waals surface area contributed by atoms with Gasteiger partial charge >= 0.3 is 0 Å². The minimum atomic E-state index is -0.932. The van der Waals surface area contributed by atoms with Crippen LogP contribution < -0.4 is 5.32 Å². The Bertz CT molecular complexity index is 323. The van der Waals surface area contributed by atoms with Crippen molar-refractivity contribution < 1.29 is 14.4 Å². The first-order valence-corrected chi connectivity index (χ1v) is 5.54. The van der Waals surface area contributed by atoms with Gasteiger partial charge in [-0.15, -0.1) is 0 Å². The molecule has 5 heteroatoms. The quantitative estimate of drug-likeness (QED) is 0.710. The van der Waals surface area contributed by atoms with Gasteiger partial charge in [-0.2, -0.15) is 0 Å². The summed E-state index contributed by atoms with van der Waals surface area (Å²) in [6.07, 6.45) is 2.09. The summed E-state index contributed by atoms with van der Waals surface area (Å²) >= 11 is 0. The minimum Gasteiger partial charge on any atom is -0.319 e. The normalized spacial score (nSPS) is 19.6. The van der Waals surface area contributed by atoms with Crippen LogP contribution in [-0.2, 0) is 14.4 Å². The molecule has 1 heterocycles. The first kappa shape index (κ1) is 12.7. The molecule has 3 amide bonds. The summed E-state index contributed by atoms with van der Waals surface area (Å²) in [7, 11) is 0. The van der Waals surface area contributed by atoms with Crippen molar-refractivity contribution in [1.29, 1.82) is 0 Å². The van der Waals surface area contributed by atoms with Gasteiger partial charge in [0.1, 0.15) is 12.1 Å². The fourth-order valence-electron chi connectivity index (χ4n) is 1.65. The smallest absolute Gasteiger partial charge is 0.252 e. The zero-order valence-electron chi connectivity index (χ0n) is 10.0. The molecule has 1 N–H and O–H groups in total. The van der Waals surface area contributed by atoms with E-state index in [-0.39, 0.29) is 12.5 Å². The maximum Gasteiger partial charge on any atom is 0.252 e. The Morgan fingerprint density at radius 1 is 1.44 bits per heavy atom. The van der Waals surface area contributed by atoms with E-state index >= 15 is 0 Å². The second-order valence-corrected chi connectivity index (χ2v) is 4.52. The first-order chi connectivity index (χ1) is 7.39. The average Bonchev–Trinajstić information content (AvgIpc) is 2.20. The predicted molar refractivity (Wildman–Crippen MR) is 58.5 cm³/mol. The summed E-state index contributed by atoms with van der Waals surface area (Å²) in [4.78, 5) is 36.0. The lowest BCUT2D eigenvalue weighted by Crippen LogP contribution is -2.65. The fraction of sp³-hybridized carbons (Fsp3) is 0.727. The predicted octanol–water partition coefficient (Wildman–Crippen LogP) is 0.440. The molecule has 90 valence electrons.